The van der Waals surface area contributed by atoms with Crippen LogP contribution in [0.15, 0.2) is 18.2 Å². The van der Waals surface area contributed by atoms with Gasteiger partial charge in [0.1, 0.15) is 11.6 Å². The van der Waals surface area contributed by atoms with Gasteiger partial charge in [-0.25, -0.2) is 4.39 Å². The Kier molecular flexibility index (Phi) is 4.54. The number of rotatable bonds is 3. The van der Waals surface area contributed by atoms with Crippen molar-refractivity contribution in [2.45, 2.75) is 26.2 Å². The predicted molar refractivity (Wildman–Crippen MR) is 79.5 cm³/mol. The maximum Gasteiger partial charge on any atom is 0.237 e. The van der Waals surface area contributed by atoms with E-state index in [0.717, 1.165) is 9.99 Å². The summed E-state index contributed by atoms with van der Waals surface area (Å²) in [6, 6.07) is 4.76. The Balaban J connectivity index is 2.29. The average Bonchev–Trinajstić information content (AvgIpc) is 2.39. The highest BCUT2D eigenvalue weighted by Gasteiger charge is 2.34. The molecule has 0 radical (unpaired) electrons. The first-order valence-electron chi connectivity index (χ1n) is 6.33. The van der Waals surface area contributed by atoms with E-state index in [-0.39, 0.29) is 17.4 Å². The molecule has 0 bridgehead atoms. The van der Waals surface area contributed by atoms with Gasteiger partial charge in [0.25, 0.3) is 0 Å². The van der Waals surface area contributed by atoms with Gasteiger partial charge in [-0.3, -0.25) is 9.59 Å². The molecule has 1 aliphatic heterocycles. The molecule has 1 unspecified atom stereocenters. The molecule has 1 aromatic carbocycles. The van der Waals surface area contributed by atoms with E-state index in [4.69, 9.17) is 0 Å². The highest BCUT2D eigenvalue weighted by atomic mass is 127. The first-order chi connectivity index (χ1) is 9.04. The number of carbonyl (C=O) groups is 2. The van der Waals surface area contributed by atoms with Crippen LogP contribution in [-0.4, -0.2) is 18.2 Å². The first kappa shape index (κ1) is 14.4. The van der Waals surface area contributed by atoms with Crippen LogP contribution in [-0.2, 0) is 9.59 Å². The lowest BCUT2D eigenvalue weighted by Crippen LogP contribution is -2.44. The van der Waals surface area contributed by atoms with Crippen molar-refractivity contribution < 1.29 is 14.0 Å². The van der Waals surface area contributed by atoms with E-state index in [9.17, 15) is 14.0 Å². The summed E-state index contributed by atoms with van der Waals surface area (Å²) in [4.78, 5) is 25.5. The molecule has 1 aromatic rings. The molecule has 1 saturated heterocycles. The van der Waals surface area contributed by atoms with E-state index in [0.29, 0.717) is 19.4 Å². The topological polar surface area (TPSA) is 37.4 Å². The van der Waals surface area contributed by atoms with E-state index in [1.807, 2.05) is 22.6 Å². The summed E-state index contributed by atoms with van der Waals surface area (Å²) in [5, 5.41) is 0. The minimum absolute atomic E-state index is 0.0550. The molecule has 1 amide bonds. The molecular formula is C14H15FINO2. The molecule has 0 spiro atoms. The molecule has 0 aliphatic carbocycles. The van der Waals surface area contributed by atoms with Gasteiger partial charge >= 0.3 is 0 Å². The number of ketones is 1. The average molecular weight is 375 g/mol. The molecule has 3 nitrogen and oxygen atoms in total. The summed E-state index contributed by atoms with van der Waals surface area (Å²) >= 11 is 2.02. The molecule has 102 valence electrons. The van der Waals surface area contributed by atoms with Crippen molar-refractivity contribution >= 4 is 40.0 Å². The largest absolute Gasteiger partial charge is 0.309 e. The van der Waals surface area contributed by atoms with Gasteiger partial charge in [0.15, 0.2) is 0 Å². The number of nitrogens with zero attached hydrogens (tertiary/aromatic N) is 1. The Hall–Kier alpha value is -0.980. The standard InChI is InChI=1S/C14H15FINO2/c1-2-13(18)10-4-3-7-17(14(10)19)12-6-5-9(16)8-11(12)15/h5-6,8,10H,2-4,7H2,1H3. The number of piperidine rings is 1. The van der Waals surface area contributed by atoms with Gasteiger partial charge in [0, 0.05) is 16.5 Å². The Morgan fingerprint density at radius 3 is 2.89 bits per heavy atom. The molecule has 1 aliphatic rings. The van der Waals surface area contributed by atoms with E-state index >= 15 is 0 Å². The number of hydrogen-bond acceptors (Lipinski definition) is 2. The number of halogens is 2. The maximum atomic E-state index is 13.9. The predicted octanol–water partition coefficient (Wildman–Crippen LogP) is 3.15. The third kappa shape index (κ3) is 2.96. The van der Waals surface area contributed by atoms with Gasteiger partial charge in [0.2, 0.25) is 5.91 Å². The maximum absolute atomic E-state index is 13.9. The van der Waals surface area contributed by atoms with Crippen LogP contribution in [0.5, 0.6) is 0 Å². The zero-order valence-corrected chi connectivity index (χ0v) is 12.8. The van der Waals surface area contributed by atoms with Gasteiger partial charge in [-0.15, -0.1) is 0 Å². The summed E-state index contributed by atoms with van der Waals surface area (Å²) in [6.45, 7) is 2.23. The van der Waals surface area contributed by atoms with Crippen molar-refractivity contribution in [3.8, 4) is 0 Å². The fraction of sp³-hybridized carbons (Fsp3) is 0.429. The van der Waals surface area contributed by atoms with Gasteiger partial charge in [-0.1, -0.05) is 6.92 Å². The molecule has 0 saturated carbocycles. The Morgan fingerprint density at radius 1 is 1.53 bits per heavy atom. The zero-order chi connectivity index (χ0) is 14.0. The number of benzene rings is 1. The highest BCUT2D eigenvalue weighted by Crippen LogP contribution is 2.28. The zero-order valence-electron chi connectivity index (χ0n) is 10.7. The number of amides is 1. The van der Waals surface area contributed by atoms with Gasteiger partial charge in [0.05, 0.1) is 11.6 Å². The van der Waals surface area contributed by atoms with Crippen LogP contribution in [0.3, 0.4) is 0 Å². The van der Waals surface area contributed by atoms with E-state index in [2.05, 4.69) is 0 Å². The molecule has 5 heteroatoms. The van der Waals surface area contributed by atoms with Crippen LogP contribution in [0.2, 0.25) is 0 Å². The molecule has 0 aromatic heterocycles. The molecule has 1 heterocycles. The van der Waals surface area contributed by atoms with E-state index in [1.54, 1.807) is 19.1 Å². The quantitative estimate of drug-likeness (QED) is 0.601. The van der Waals surface area contributed by atoms with E-state index in [1.165, 1.54) is 11.0 Å². The van der Waals surface area contributed by atoms with Crippen molar-refractivity contribution in [3.05, 3.63) is 27.6 Å². The second-order valence-corrected chi connectivity index (χ2v) is 5.85. The van der Waals surface area contributed by atoms with Crippen molar-refractivity contribution in [2.75, 3.05) is 11.4 Å². The van der Waals surface area contributed by atoms with Crippen LogP contribution >= 0.6 is 22.6 Å². The lowest BCUT2D eigenvalue weighted by Gasteiger charge is -2.31. The lowest BCUT2D eigenvalue weighted by molar-refractivity contribution is -0.133. The van der Waals surface area contributed by atoms with Gasteiger partial charge in [-0.2, -0.15) is 0 Å². The minimum Gasteiger partial charge on any atom is -0.309 e. The Bertz CT molecular complexity index is 518. The summed E-state index contributed by atoms with van der Waals surface area (Å²) in [5.74, 6) is -1.33. The van der Waals surface area contributed by atoms with Gasteiger partial charge in [-0.05, 0) is 53.6 Å². The second-order valence-electron chi connectivity index (χ2n) is 4.60. The summed E-state index contributed by atoms with van der Waals surface area (Å²) in [5.41, 5.74) is 0.277. The molecule has 2 rings (SSSR count). The SMILES string of the molecule is CCC(=O)C1CCCN(c2ccc(I)cc2F)C1=O. The second kappa shape index (κ2) is 5.98. The number of hydrogen-bond donors (Lipinski definition) is 0. The highest BCUT2D eigenvalue weighted by molar-refractivity contribution is 14.1. The van der Waals surface area contributed by atoms with Gasteiger partial charge < -0.3 is 4.90 Å². The molecule has 1 atom stereocenters. The van der Waals surface area contributed by atoms with Crippen molar-refractivity contribution in [1.29, 1.82) is 0 Å². The lowest BCUT2D eigenvalue weighted by atomic mass is 9.91. The molecular weight excluding hydrogens is 360 g/mol. The van der Waals surface area contributed by atoms with Crippen LogP contribution in [0.1, 0.15) is 26.2 Å². The summed E-state index contributed by atoms with van der Waals surface area (Å²) < 4.78 is 14.7. The monoisotopic (exact) mass is 375 g/mol. The Labute approximate surface area is 125 Å². The smallest absolute Gasteiger partial charge is 0.237 e. The number of carbonyl (C=O) groups excluding carboxylic acids is 2. The van der Waals surface area contributed by atoms with Crippen LogP contribution in [0.25, 0.3) is 0 Å². The fourth-order valence-electron chi connectivity index (χ4n) is 2.36. The third-order valence-electron chi connectivity index (χ3n) is 3.38. The van der Waals surface area contributed by atoms with Crippen LogP contribution < -0.4 is 4.90 Å². The van der Waals surface area contributed by atoms with Crippen molar-refractivity contribution in [2.24, 2.45) is 5.92 Å². The van der Waals surface area contributed by atoms with E-state index < -0.39 is 11.7 Å². The molecule has 19 heavy (non-hydrogen) atoms. The molecule has 1 fully saturated rings. The normalized spacial score (nSPS) is 19.6. The fourth-order valence-corrected chi connectivity index (χ4v) is 2.81. The first-order valence-corrected chi connectivity index (χ1v) is 7.41. The minimum atomic E-state index is -0.600. The van der Waals surface area contributed by atoms with Crippen LogP contribution in [0, 0.1) is 15.3 Å². The number of anilines is 1. The third-order valence-corrected chi connectivity index (χ3v) is 4.05. The summed E-state index contributed by atoms with van der Waals surface area (Å²) in [7, 11) is 0. The van der Waals surface area contributed by atoms with Crippen molar-refractivity contribution in [3.63, 3.8) is 0 Å². The molecule has 0 N–H and O–H groups in total. The van der Waals surface area contributed by atoms with Crippen LogP contribution in [0.4, 0.5) is 10.1 Å². The van der Waals surface area contributed by atoms with Crippen molar-refractivity contribution in [1.82, 2.24) is 0 Å². The summed E-state index contributed by atoms with van der Waals surface area (Å²) in [6.07, 6.45) is 1.65. The number of Topliss-reactive ketones (excluding diaryl/α,β-unsaturated/α-hetero) is 1. The Morgan fingerprint density at radius 2 is 2.26 bits per heavy atom.